The van der Waals surface area contributed by atoms with E-state index in [9.17, 15) is 9.59 Å². The largest absolute Gasteiger partial charge is 0.346 e. The predicted octanol–water partition coefficient (Wildman–Crippen LogP) is 1.54. The lowest BCUT2D eigenvalue weighted by Gasteiger charge is -2.32. The number of aromatic nitrogens is 2. The lowest BCUT2D eigenvalue weighted by molar-refractivity contribution is -0.123. The maximum atomic E-state index is 12.4. The fourth-order valence-corrected chi connectivity index (χ4v) is 3.51. The normalized spacial score (nSPS) is 21.5. The summed E-state index contributed by atoms with van der Waals surface area (Å²) in [5.41, 5.74) is 1.97. The number of aryl methyl sites for hydroxylation is 2. The van der Waals surface area contributed by atoms with E-state index in [1.807, 2.05) is 31.5 Å². The van der Waals surface area contributed by atoms with Crippen molar-refractivity contribution in [2.75, 3.05) is 0 Å². The Hall–Kier alpha value is -2.15. The van der Waals surface area contributed by atoms with Crippen molar-refractivity contribution in [2.45, 2.75) is 31.8 Å². The van der Waals surface area contributed by atoms with E-state index in [-0.39, 0.29) is 23.9 Å². The molecular weight excluding hydrogens is 300 g/mol. The Morgan fingerprint density at radius 3 is 3.00 bits per heavy atom. The molecule has 0 spiro atoms. The number of hydrogen-bond donors (Lipinski definition) is 2. The van der Waals surface area contributed by atoms with Crippen LogP contribution in [0, 0.1) is 6.92 Å². The maximum Gasteiger partial charge on any atom is 0.261 e. The zero-order chi connectivity index (χ0) is 15.7. The molecule has 0 saturated carbocycles. The van der Waals surface area contributed by atoms with Gasteiger partial charge in [0, 0.05) is 19.7 Å². The van der Waals surface area contributed by atoms with Crippen molar-refractivity contribution in [3.63, 3.8) is 0 Å². The summed E-state index contributed by atoms with van der Waals surface area (Å²) in [6.45, 7) is 1.96. The van der Waals surface area contributed by atoms with Crippen LogP contribution in [-0.4, -0.2) is 27.6 Å². The molecule has 0 bridgehead atoms. The standard InChI is InChI=1S/C15H18N4O2S/c1-9-7-12(22-8-9)15(21)17-10-3-4-13(20)18-14(10)11-5-6-16-19(11)2/h5-8,10,14H,3-4H2,1-2H3,(H,17,21)(H,18,20)/t10-,14-/m1/s1. The number of amides is 2. The quantitative estimate of drug-likeness (QED) is 0.901. The van der Waals surface area contributed by atoms with Gasteiger partial charge in [0.15, 0.2) is 0 Å². The van der Waals surface area contributed by atoms with Crippen molar-refractivity contribution in [2.24, 2.45) is 7.05 Å². The van der Waals surface area contributed by atoms with Crippen molar-refractivity contribution < 1.29 is 9.59 Å². The van der Waals surface area contributed by atoms with Crippen molar-refractivity contribution in [3.05, 3.63) is 39.8 Å². The highest BCUT2D eigenvalue weighted by molar-refractivity contribution is 7.12. The third kappa shape index (κ3) is 2.89. The fourth-order valence-electron chi connectivity index (χ4n) is 2.71. The van der Waals surface area contributed by atoms with Crippen LogP contribution in [0.1, 0.15) is 39.8 Å². The Balaban J connectivity index is 1.79. The molecule has 1 aliphatic rings. The Labute approximate surface area is 132 Å². The van der Waals surface area contributed by atoms with Gasteiger partial charge in [0.2, 0.25) is 5.91 Å². The number of nitrogens with one attached hydrogen (secondary N) is 2. The maximum absolute atomic E-state index is 12.4. The first kappa shape index (κ1) is 14.8. The van der Waals surface area contributed by atoms with E-state index >= 15 is 0 Å². The van der Waals surface area contributed by atoms with E-state index in [4.69, 9.17) is 0 Å². The van der Waals surface area contributed by atoms with E-state index in [0.717, 1.165) is 11.3 Å². The average molecular weight is 318 g/mol. The van der Waals surface area contributed by atoms with Crippen LogP contribution in [0.15, 0.2) is 23.7 Å². The van der Waals surface area contributed by atoms with Gasteiger partial charge in [-0.15, -0.1) is 11.3 Å². The van der Waals surface area contributed by atoms with Gasteiger partial charge in [-0.25, -0.2) is 0 Å². The SMILES string of the molecule is Cc1csc(C(=O)N[C@@H]2CCC(=O)N[C@H]2c2ccnn2C)c1. The molecule has 1 saturated heterocycles. The highest BCUT2D eigenvalue weighted by Gasteiger charge is 2.33. The molecule has 2 atom stereocenters. The second kappa shape index (κ2) is 5.92. The number of carbonyl (C=O) groups excluding carboxylic acids is 2. The van der Waals surface area contributed by atoms with Crippen molar-refractivity contribution in [3.8, 4) is 0 Å². The average Bonchev–Trinajstić information content (AvgIpc) is 3.09. The molecule has 2 amide bonds. The van der Waals surface area contributed by atoms with E-state index in [1.165, 1.54) is 11.3 Å². The molecule has 0 aliphatic carbocycles. The predicted molar refractivity (Wildman–Crippen MR) is 83.6 cm³/mol. The molecule has 0 unspecified atom stereocenters. The number of carbonyl (C=O) groups is 2. The van der Waals surface area contributed by atoms with Gasteiger partial charge in [0.25, 0.3) is 5.91 Å². The summed E-state index contributed by atoms with van der Waals surface area (Å²) < 4.78 is 1.73. The van der Waals surface area contributed by atoms with Gasteiger partial charge in [0.05, 0.1) is 22.7 Å². The van der Waals surface area contributed by atoms with Gasteiger partial charge < -0.3 is 10.6 Å². The van der Waals surface area contributed by atoms with Crippen LogP contribution in [0.4, 0.5) is 0 Å². The number of nitrogens with zero attached hydrogens (tertiary/aromatic N) is 2. The molecule has 2 aromatic heterocycles. The van der Waals surface area contributed by atoms with Crippen LogP contribution in [-0.2, 0) is 11.8 Å². The van der Waals surface area contributed by atoms with Gasteiger partial charge in [-0.2, -0.15) is 5.10 Å². The van der Waals surface area contributed by atoms with E-state index in [0.29, 0.717) is 17.7 Å². The summed E-state index contributed by atoms with van der Waals surface area (Å²) in [6.07, 6.45) is 2.73. The topological polar surface area (TPSA) is 76.0 Å². The highest BCUT2D eigenvalue weighted by Crippen LogP contribution is 2.24. The molecular formula is C15H18N4O2S. The van der Waals surface area contributed by atoms with E-state index < -0.39 is 0 Å². The van der Waals surface area contributed by atoms with Gasteiger partial charge in [0.1, 0.15) is 0 Å². The first-order valence-corrected chi connectivity index (χ1v) is 8.06. The third-order valence-corrected chi connectivity index (χ3v) is 4.90. The summed E-state index contributed by atoms with van der Waals surface area (Å²) in [5.74, 6) is -0.0879. The summed E-state index contributed by atoms with van der Waals surface area (Å²) in [6, 6.07) is 3.35. The number of piperidine rings is 1. The van der Waals surface area contributed by atoms with Crippen molar-refractivity contribution >= 4 is 23.2 Å². The first-order chi connectivity index (χ1) is 10.5. The van der Waals surface area contributed by atoms with Gasteiger partial charge in [-0.3, -0.25) is 14.3 Å². The van der Waals surface area contributed by atoms with E-state index in [2.05, 4.69) is 15.7 Å². The molecule has 0 radical (unpaired) electrons. The van der Waals surface area contributed by atoms with Crippen molar-refractivity contribution in [1.82, 2.24) is 20.4 Å². The molecule has 22 heavy (non-hydrogen) atoms. The lowest BCUT2D eigenvalue weighted by atomic mass is 9.95. The minimum absolute atomic E-state index is 0.00340. The minimum Gasteiger partial charge on any atom is -0.346 e. The third-order valence-electron chi connectivity index (χ3n) is 3.85. The minimum atomic E-state index is -0.251. The fraction of sp³-hybridized carbons (Fsp3) is 0.400. The Kier molecular flexibility index (Phi) is 3.98. The summed E-state index contributed by atoms with van der Waals surface area (Å²) in [4.78, 5) is 24.8. The number of thiophene rings is 1. The number of hydrogen-bond acceptors (Lipinski definition) is 4. The molecule has 6 nitrogen and oxygen atoms in total. The van der Waals surface area contributed by atoms with Crippen LogP contribution in [0.2, 0.25) is 0 Å². The molecule has 7 heteroatoms. The molecule has 1 aliphatic heterocycles. The second-order valence-electron chi connectivity index (χ2n) is 5.53. The number of rotatable bonds is 3. The van der Waals surface area contributed by atoms with Crippen LogP contribution in [0.5, 0.6) is 0 Å². The van der Waals surface area contributed by atoms with Crippen LogP contribution < -0.4 is 10.6 Å². The van der Waals surface area contributed by atoms with Crippen molar-refractivity contribution in [1.29, 1.82) is 0 Å². The summed E-state index contributed by atoms with van der Waals surface area (Å²) >= 11 is 1.43. The highest BCUT2D eigenvalue weighted by atomic mass is 32.1. The van der Waals surface area contributed by atoms with Crippen LogP contribution in [0.3, 0.4) is 0 Å². The smallest absolute Gasteiger partial charge is 0.261 e. The monoisotopic (exact) mass is 318 g/mol. The van der Waals surface area contributed by atoms with Crippen LogP contribution >= 0.6 is 11.3 Å². The van der Waals surface area contributed by atoms with Crippen LogP contribution in [0.25, 0.3) is 0 Å². The van der Waals surface area contributed by atoms with Gasteiger partial charge in [-0.1, -0.05) is 0 Å². The van der Waals surface area contributed by atoms with Gasteiger partial charge >= 0.3 is 0 Å². The molecule has 3 rings (SSSR count). The van der Waals surface area contributed by atoms with Gasteiger partial charge in [-0.05, 0) is 36.4 Å². The zero-order valence-electron chi connectivity index (χ0n) is 12.5. The Morgan fingerprint density at radius 2 is 2.36 bits per heavy atom. The molecule has 0 aromatic carbocycles. The zero-order valence-corrected chi connectivity index (χ0v) is 13.3. The Bertz CT molecular complexity index is 706. The Morgan fingerprint density at radius 1 is 1.55 bits per heavy atom. The molecule has 116 valence electrons. The summed E-state index contributed by atoms with van der Waals surface area (Å²) in [5, 5.41) is 12.1. The summed E-state index contributed by atoms with van der Waals surface area (Å²) in [7, 11) is 1.83. The van der Waals surface area contributed by atoms with E-state index in [1.54, 1.807) is 10.9 Å². The molecule has 1 fully saturated rings. The molecule has 3 heterocycles. The molecule has 2 aromatic rings. The molecule has 2 N–H and O–H groups in total. The lowest BCUT2D eigenvalue weighted by Crippen LogP contribution is -2.50. The second-order valence-corrected chi connectivity index (χ2v) is 6.44. The first-order valence-electron chi connectivity index (χ1n) is 7.18.